The summed E-state index contributed by atoms with van der Waals surface area (Å²) in [7, 11) is 3.04. The van der Waals surface area contributed by atoms with Crippen molar-refractivity contribution < 1.29 is 18.7 Å². The molecule has 0 fully saturated rings. The molecule has 0 radical (unpaired) electrons. The van der Waals surface area contributed by atoms with Gasteiger partial charge in [0.1, 0.15) is 17.3 Å². The van der Waals surface area contributed by atoms with Crippen LogP contribution in [0.25, 0.3) is 11.1 Å². The zero-order valence-corrected chi connectivity index (χ0v) is 15.9. The van der Waals surface area contributed by atoms with Crippen LogP contribution < -0.4 is 20.5 Å². The van der Waals surface area contributed by atoms with E-state index in [2.05, 4.69) is 15.3 Å². The fourth-order valence-corrected chi connectivity index (χ4v) is 3.56. The molecule has 0 saturated carbocycles. The van der Waals surface area contributed by atoms with Crippen LogP contribution in [0.4, 0.5) is 10.3 Å². The lowest BCUT2D eigenvalue weighted by Crippen LogP contribution is -2.36. The molecule has 148 valence electrons. The van der Waals surface area contributed by atoms with Crippen molar-refractivity contribution in [2.45, 2.75) is 12.5 Å². The molecule has 3 N–H and O–H groups in total. The Balaban J connectivity index is 1.85. The highest BCUT2D eigenvalue weighted by molar-refractivity contribution is 5.96. The lowest BCUT2D eigenvalue weighted by Gasteiger charge is -2.28. The van der Waals surface area contributed by atoms with Gasteiger partial charge in [-0.3, -0.25) is 4.79 Å². The average Bonchev–Trinajstić information content (AvgIpc) is 2.72. The van der Waals surface area contributed by atoms with E-state index in [9.17, 15) is 9.18 Å². The molecule has 0 spiro atoms. The van der Waals surface area contributed by atoms with Crippen molar-refractivity contribution in [1.82, 2.24) is 15.3 Å². The third-order valence-corrected chi connectivity index (χ3v) is 4.91. The third kappa shape index (κ3) is 3.44. The van der Waals surface area contributed by atoms with Crippen LogP contribution in [0.2, 0.25) is 0 Å². The Morgan fingerprint density at radius 1 is 1.14 bits per heavy atom. The first-order valence-corrected chi connectivity index (χ1v) is 8.94. The Morgan fingerprint density at radius 3 is 2.59 bits per heavy atom. The minimum Gasteiger partial charge on any atom is -0.497 e. The highest BCUT2D eigenvalue weighted by Gasteiger charge is 2.31. The summed E-state index contributed by atoms with van der Waals surface area (Å²) in [6.07, 6.45) is 1.79. The topological polar surface area (TPSA) is 99.4 Å². The van der Waals surface area contributed by atoms with Gasteiger partial charge in [-0.25, -0.2) is 14.4 Å². The van der Waals surface area contributed by atoms with Gasteiger partial charge in [0.2, 0.25) is 5.95 Å². The number of ether oxygens (including phenoxy) is 2. The zero-order valence-electron chi connectivity index (χ0n) is 15.9. The van der Waals surface area contributed by atoms with E-state index in [0.717, 1.165) is 5.56 Å². The molecule has 3 aromatic rings. The Morgan fingerprint density at radius 2 is 1.90 bits per heavy atom. The van der Waals surface area contributed by atoms with E-state index >= 15 is 0 Å². The Bertz CT molecular complexity index is 1090. The molecular weight excluding hydrogens is 375 g/mol. The van der Waals surface area contributed by atoms with Gasteiger partial charge in [0, 0.05) is 24.2 Å². The molecule has 7 nitrogen and oxygen atoms in total. The summed E-state index contributed by atoms with van der Waals surface area (Å²) in [5.74, 6) is 0.366. The van der Waals surface area contributed by atoms with Crippen LogP contribution in [0.15, 0.2) is 42.6 Å². The molecule has 29 heavy (non-hydrogen) atoms. The second-order valence-electron chi connectivity index (χ2n) is 6.62. The van der Waals surface area contributed by atoms with Crippen molar-refractivity contribution >= 4 is 11.9 Å². The van der Waals surface area contributed by atoms with Gasteiger partial charge in [-0.1, -0.05) is 12.1 Å². The smallest absolute Gasteiger partial charge is 0.255 e. The lowest BCUT2D eigenvalue weighted by atomic mass is 9.88. The second-order valence-corrected chi connectivity index (χ2v) is 6.62. The van der Waals surface area contributed by atoms with Crippen molar-refractivity contribution in [3.8, 4) is 22.6 Å². The second kappa shape index (κ2) is 7.38. The van der Waals surface area contributed by atoms with Crippen LogP contribution >= 0.6 is 0 Å². The predicted octanol–water partition coefficient (Wildman–Crippen LogP) is 2.91. The van der Waals surface area contributed by atoms with Crippen LogP contribution in [0, 0.1) is 5.82 Å². The molecule has 1 atom stereocenters. The molecule has 0 bridgehead atoms. The van der Waals surface area contributed by atoms with Crippen molar-refractivity contribution in [2.75, 3.05) is 20.0 Å². The SMILES string of the molecule is COc1ccc(-c2cc(F)cc(OC)c2C2Cc3nc(N)ncc3C(=O)N2)cc1. The zero-order chi connectivity index (χ0) is 20.5. The number of carbonyl (C=O) groups is 1. The number of nitrogen functional groups attached to an aromatic ring is 1. The summed E-state index contributed by atoms with van der Waals surface area (Å²) in [4.78, 5) is 20.7. The summed E-state index contributed by atoms with van der Waals surface area (Å²) in [5.41, 5.74) is 8.65. The average molecular weight is 394 g/mol. The normalized spacial score (nSPS) is 15.4. The molecule has 1 aliphatic rings. The number of amides is 1. The number of nitrogens with two attached hydrogens (primary N) is 1. The van der Waals surface area contributed by atoms with Gasteiger partial charge in [0.25, 0.3) is 5.91 Å². The van der Waals surface area contributed by atoms with Crippen LogP contribution in [0.1, 0.15) is 27.7 Å². The van der Waals surface area contributed by atoms with Gasteiger partial charge in [-0.05, 0) is 29.3 Å². The van der Waals surface area contributed by atoms with E-state index in [1.165, 1.54) is 25.4 Å². The summed E-state index contributed by atoms with van der Waals surface area (Å²) in [6.45, 7) is 0. The van der Waals surface area contributed by atoms with E-state index in [1.54, 1.807) is 19.2 Å². The maximum Gasteiger partial charge on any atom is 0.255 e. The number of aromatic nitrogens is 2. The maximum absolute atomic E-state index is 14.3. The number of anilines is 1. The molecular formula is C21H19FN4O3. The van der Waals surface area contributed by atoms with Gasteiger partial charge in [-0.2, -0.15) is 0 Å². The number of fused-ring (bicyclic) bond motifs is 1. The molecule has 4 rings (SSSR count). The number of halogens is 1. The van der Waals surface area contributed by atoms with Crippen molar-refractivity contribution in [2.24, 2.45) is 0 Å². The Labute approximate surface area is 166 Å². The number of benzene rings is 2. The number of rotatable bonds is 4. The predicted molar refractivity (Wildman–Crippen MR) is 105 cm³/mol. The largest absolute Gasteiger partial charge is 0.497 e. The molecule has 1 amide bonds. The molecule has 1 unspecified atom stereocenters. The number of carbonyl (C=O) groups excluding carboxylic acids is 1. The van der Waals surface area contributed by atoms with Gasteiger partial charge in [0.15, 0.2) is 0 Å². The molecule has 2 heterocycles. The molecule has 0 saturated heterocycles. The first-order chi connectivity index (χ1) is 14.0. The van der Waals surface area contributed by atoms with Crippen LogP contribution in [-0.4, -0.2) is 30.1 Å². The van der Waals surface area contributed by atoms with Crippen LogP contribution in [0.3, 0.4) is 0 Å². The van der Waals surface area contributed by atoms with E-state index in [4.69, 9.17) is 15.2 Å². The summed E-state index contributed by atoms with van der Waals surface area (Å²) >= 11 is 0. The minimum atomic E-state index is -0.475. The number of nitrogens with one attached hydrogen (secondary N) is 1. The maximum atomic E-state index is 14.3. The van der Waals surface area contributed by atoms with Gasteiger partial charge >= 0.3 is 0 Å². The summed E-state index contributed by atoms with van der Waals surface area (Å²) in [5, 5.41) is 2.95. The van der Waals surface area contributed by atoms with Crippen molar-refractivity contribution in [1.29, 1.82) is 0 Å². The first kappa shape index (κ1) is 18.7. The van der Waals surface area contributed by atoms with Crippen molar-refractivity contribution in [3.63, 3.8) is 0 Å². The highest BCUT2D eigenvalue weighted by Crippen LogP contribution is 2.39. The third-order valence-electron chi connectivity index (χ3n) is 4.91. The molecule has 0 aliphatic carbocycles. The number of hydrogen-bond acceptors (Lipinski definition) is 6. The fourth-order valence-electron chi connectivity index (χ4n) is 3.56. The van der Waals surface area contributed by atoms with E-state index in [0.29, 0.717) is 40.3 Å². The highest BCUT2D eigenvalue weighted by atomic mass is 19.1. The Hall–Kier alpha value is -3.68. The molecule has 8 heteroatoms. The van der Waals surface area contributed by atoms with Crippen LogP contribution in [-0.2, 0) is 6.42 Å². The van der Waals surface area contributed by atoms with E-state index in [-0.39, 0.29) is 11.9 Å². The standard InChI is InChI=1S/C21H19FN4O3/c1-28-13-5-3-11(4-6-13)14-7-12(22)8-18(29-2)19(14)17-9-16-15(20(27)25-17)10-24-21(23)26-16/h3-8,10,17H,9H2,1-2H3,(H,25,27)(H2,23,24,26). The minimum absolute atomic E-state index is 0.0960. The van der Waals surface area contributed by atoms with Crippen LogP contribution in [0.5, 0.6) is 11.5 Å². The lowest BCUT2D eigenvalue weighted by molar-refractivity contribution is 0.0923. The van der Waals surface area contributed by atoms with Crippen molar-refractivity contribution in [3.05, 3.63) is 65.2 Å². The first-order valence-electron chi connectivity index (χ1n) is 8.94. The van der Waals surface area contributed by atoms with Gasteiger partial charge < -0.3 is 20.5 Å². The number of methoxy groups -OCH3 is 2. The van der Waals surface area contributed by atoms with E-state index in [1.807, 2.05) is 12.1 Å². The number of hydrogen-bond donors (Lipinski definition) is 2. The molecule has 2 aromatic carbocycles. The molecule has 1 aromatic heterocycles. The Kier molecular flexibility index (Phi) is 4.75. The summed E-state index contributed by atoms with van der Waals surface area (Å²) in [6, 6.07) is 9.49. The molecule has 1 aliphatic heterocycles. The number of nitrogens with zero attached hydrogens (tertiary/aromatic N) is 2. The van der Waals surface area contributed by atoms with E-state index < -0.39 is 11.9 Å². The summed E-state index contributed by atoms with van der Waals surface area (Å²) < 4.78 is 25.0. The van der Waals surface area contributed by atoms with Gasteiger partial charge in [0.05, 0.1) is 31.5 Å². The quantitative estimate of drug-likeness (QED) is 0.706. The van der Waals surface area contributed by atoms with Gasteiger partial charge in [-0.15, -0.1) is 0 Å². The monoisotopic (exact) mass is 394 g/mol. The fraction of sp³-hybridized carbons (Fsp3) is 0.190.